The van der Waals surface area contributed by atoms with E-state index < -0.39 is 6.04 Å². The third-order valence-corrected chi connectivity index (χ3v) is 4.90. The average molecular weight is 366 g/mol. The van der Waals surface area contributed by atoms with E-state index in [1.807, 2.05) is 61.5 Å². The number of rotatable bonds is 6. The molecule has 2 aromatic carbocycles. The van der Waals surface area contributed by atoms with E-state index in [2.05, 4.69) is 4.90 Å². The number of piperazine rings is 1. The second-order valence-corrected chi connectivity index (χ2v) is 6.76. The third-order valence-electron chi connectivity index (χ3n) is 4.90. The van der Waals surface area contributed by atoms with Gasteiger partial charge in [0, 0.05) is 25.3 Å². The quantitative estimate of drug-likeness (QED) is 0.737. The number of nitrogens with zero attached hydrogens (tertiary/aromatic N) is 2. The van der Waals surface area contributed by atoms with Gasteiger partial charge in [-0.05, 0) is 31.0 Å². The zero-order valence-corrected chi connectivity index (χ0v) is 15.9. The van der Waals surface area contributed by atoms with Crippen molar-refractivity contribution in [2.24, 2.45) is 0 Å². The molecule has 0 radical (unpaired) electrons. The van der Waals surface area contributed by atoms with Crippen molar-refractivity contribution in [2.75, 3.05) is 24.6 Å². The normalized spacial score (nSPS) is 17.8. The Labute approximate surface area is 160 Å². The highest BCUT2D eigenvalue weighted by Crippen LogP contribution is 2.26. The molecule has 5 heteroatoms. The summed E-state index contributed by atoms with van der Waals surface area (Å²) in [6, 6.07) is 17.4. The van der Waals surface area contributed by atoms with Crippen LogP contribution in [0.25, 0.3) is 0 Å². The fourth-order valence-corrected chi connectivity index (χ4v) is 3.54. The van der Waals surface area contributed by atoms with Crippen LogP contribution in [0.1, 0.15) is 24.5 Å². The summed E-state index contributed by atoms with van der Waals surface area (Å²) >= 11 is 0. The molecule has 0 spiro atoms. The van der Waals surface area contributed by atoms with Crippen molar-refractivity contribution in [3.8, 4) is 0 Å². The van der Waals surface area contributed by atoms with E-state index in [0.29, 0.717) is 26.2 Å². The molecule has 5 nitrogen and oxygen atoms in total. The first-order valence-electron chi connectivity index (χ1n) is 9.40. The topological polar surface area (TPSA) is 49.9 Å². The van der Waals surface area contributed by atoms with Crippen LogP contribution in [0.3, 0.4) is 0 Å². The SMILES string of the molecule is CCOC(=O)CC1C(=O)N(c2ccccc2C)CCN1Cc1ccccc1. The summed E-state index contributed by atoms with van der Waals surface area (Å²) in [5.74, 6) is -0.375. The fourth-order valence-electron chi connectivity index (χ4n) is 3.54. The number of carbonyl (C=O) groups excluding carboxylic acids is 2. The molecule has 0 N–H and O–H groups in total. The summed E-state index contributed by atoms with van der Waals surface area (Å²) in [5.41, 5.74) is 3.09. The monoisotopic (exact) mass is 366 g/mol. The molecule has 0 saturated carbocycles. The number of para-hydroxylation sites is 1. The highest BCUT2D eigenvalue weighted by molar-refractivity contribution is 6.00. The smallest absolute Gasteiger partial charge is 0.307 e. The lowest BCUT2D eigenvalue weighted by molar-refractivity contribution is -0.147. The average Bonchev–Trinajstić information content (AvgIpc) is 2.67. The molecule has 142 valence electrons. The van der Waals surface area contributed by atoms with Crippen molar-refractivity contribution in [3.63, 3.8) is 0 Å². The predicted octanol–water partition coefficient (Wildman–Crippen LogP) is 3.17. The summed E-state index contributed by atoms with van der Waals surface area (Å²) in [6.45, 7) is 6.05. The first kappa shape index (κ1) is 19.1. The highest BCUT2D eigenvalue weighted by Gasteiger charge is 2.37. The third kappa shape index (κ3) is 4.55. The molecule has 1 atom stereocenters. The van der Waals surface area contributed by atoms with Crippen molar-refractivity contribution in [1.29, 1.82) is 0 Å². The van der Waals surface area contributed by atoms with Crippen LogP contribution >= 0.6 is 0 Å². The second-order valence-electron chi connectivity index (χ2n) is 6.76. The molecular weight excluding hydrogens is 340 g/mol. The molecule has 27 heavy (non-hydrogen) atoms. The lowest BCUT2D eigenvalue weighted by Crippen LogP contribution is -2.57. The molecule has 1 aliphatic rings. The van der Waals surface area contributed by atoms with Crippen LogP contribution in [-0.2, 0) is 20.9 Å². The van der Waals surface area contributed by atoms with Gasteiger partial charge in [-0.3, -0.25) is 14.5 Å². The van der Waals surface area contributed by atoms with Gasteiger partial charge < -0.3 is 9.64 Å². The zero-order chi connectivity index (χ0) is 19.2. The summed E-state index contributed by atoms with van der Waals surface area (Å²) in [4.78, 5) is 29.3. The van der Waals surface area contributed by atoms with Gasteiger partial charge in [-0.2, -0.15) is 0 Å². The molecule has 0 aromatic heterocycles. The van der Waals surface area contributed by atoms with E-state index in [-0.39, 0.29) is 18.3 Å². The van der Waals surface area contributed by atoms with Gasteiger partial charge in [0.2, 0.25) is 5.91 Å². The maximum Gasteiger partial charge on any atom is 0.307 e. The van der Waals surface area contributed by atoms with Crippen LogP contribution in [0, 0.1) is 6.92 Å². The van der Waals surface area contributed by atoms with Crippen LogP contribution in [-0.4, -0.2) is 42.5 Å². The summed E-state index contributed by atoms with van der Waals surface area (Å²) in [7, 11) is 0. The van der Waals surface area contributed by atoms with Gasteiger partial charge in [0.25, 0.3) is 0 Å². The lowest BCUT2D eigenvalue weighted by Gasteiger charge is -2.40. The van der Waals surface area contributed by atoms with Gasteiger partial charge in [-0.25, -0.2) is 0 Å². The Bertz CT molecular complexity index is 791. The Morgan fingerprint density at radius 1 is 1.07 bits per heavy atom. The van der Waals surface area contributed by atoms with E-state index in [1.54, 1.807) is 11.8 Å². The second kappa shape index (κ2) is 8.82. The molecule has 3 rings (SSSR count). The van der Waals surface area contributed by atoms with Gasteiger partial charge in [-0.15, -0.1) is 0 Å². The van der Waals surface area contributed by atoms with Crippen LogP contribution in [0.4, 0.5) is 5.69 Å². The molecular formula is C22H26N2O3. The number of ether oxygens (including phenoxy) is 1. The van der Waals surface area contributed by atoms with Crippen LogP contribution in [0.15, 0.2) is 54.6 Å². The molecule has 1 heterocycles. The standard InChI is InChI=1S/C22H26N2O3/c1-3-27-21(25)15-20-22(26)24(19-12-8-7-9-17(19)2)14-13-23(20)16-18-10-5-4-6-11-18/h4-12,20H,3,13-16H2,1-2H3. The van der Waals surface area contributed by atoms with E-state index in [0.717, 1.165) is 16.8 Å². The van der Waals surface area contributed by atoms with Gasteiger partial charge in [-0.1, -0.05) is 48.5 Å². The van der Waals surface area contributed by atoms with Crippen LogP contribution in [0.2, 0.25) is 0 Å². The van der Waals surface area contributed by atoms with Crippen LogP contribution in [0.5, 0.6) is 0 Å². The van der Waals surface area contributed by atoms with E-state index in [4.69, 9.17) is 4.74 Å². The highest BCUT2D eigenvalue weighted by atomic mass is 16.5. The van der Waals surface area contributed by atoms with E-state index >= 15 is 0 Å². The van der Waals surface area contributed by atoms with Gasteiger partial charge in [0.1, 0.15) is 6.04 Å². The summed E-state index contributed by atoms with van der Waals surface area (Å²) in [6.07, 6.45) is 0.0713. The Hall–Kier alpha value is -2.66. The minimum Gasteiger partial charge on any atom is -0.466 e. The Kier molecular flexibility index (Phi) is 6.24. The molecule has 2 aromatic rings. The maximum atomic E-state index is 13.3. The molecule has 1 aliphatic heterocycles. The van der Waals surface area contributed by atoms with Crippen molar-refractivity contribution in [1.82, 2.24) is 4.90 Å². The molecule has 1 unspecified atom stereocenters. The molecule has 0 bridgehead atoms. The zero-order valence-electron chi connectivity index (χ0n) is 15.9. The minimum absolute atomic E-state index is 0.0421. The lowest BCUT2D eigenvalue weighted by atomic mass is 10.0. The predicted molar refractivity (Wildman–Crippen MR) is 105 cm³/mol. The number of hydrogen-bond donors (Lipinski definition) is 0. The van der Waals surface area contributed by atoms with Gasteiger partial charge >= 0.3 is 5.97 Å². The summed E-state index contributed by atoms with van der Waals surface area (Å²) in [5, 5.41) is 0. The van der Waals surface area contributed by atoms with Crippen molar-refractivity contribution < 1.29 is 14.3 Å². The maximum absolute atomic E-state index is 13.3. The number of amides is 1. The van der Waals surface area contributed by atoms with Gasteiger partial charge in [0.15, 0.2) is 0 Å². The van der Waals surface area contributed by atoms with Gasteiger partial charge in [0.05, 0.1) is 13.0 Å². The molecule has 1 saturated heterocycles. The van der Waals surface area contributed by atoms with Crippen molar-refractivity contribution >= 4 is 17.6 Å². The minimum atomic E-state index is -0.516. The number of aryl methyl sites for hydroxylation is 1. The Morgan fingerprint density at radius 3 is 2.48 bits per heavy atom. The Balaban J connectivity index is 1.84. The Morgan fingerprint density at radius 2 is 1.78 bits per heavy atom. The van der Waals surface area contributed by atoms with E-state index in [9.17, 15) is 9.59 Å². The number of carbonyl (C=O) groups is 2. The number of esters is 1. The van der Waals surface area contributed by atoms with Crippen molar-refractivity contribution in [3.05, 3.63) is 65.7 Å². The fraction of sp³-hybridized carbons (Fsp3) is 0.364. The number of benzene rings is 2. The number of hydrogen-bond acceptors (Lipinski definition) is 4. The van der Waals surface area contributed by atoms with E-state index in [1.165, 1.54) is 0 Å². The number of anilines is 1. The molecule has 1 fully saturated rings. The summed E-state index contributed by atoms with van der Waals surface area (Å²) < 4.78 is 5.12. The molecule has 0 aliphatic carbocycles. The molecule has 1 amide bonds. The first-order chi connectivity index (χ1) is 13.1. The van der Waals surface area contributed by atoms with Crippen LogP contribution < -0.4 is 4.90 Å². The first-order valence-corrected chi connectivity index (χ1v) is 9.40. The largest absolute Gasteiger partial charge is 0.466 e. The van der Waals surface area contributed by atoms with Crippen molar-refractivity contribution in [2.45, 2.75) is 32.9 Å².